The third kappa shape index (κ3) is 1.40. The number of nitrogens with one attached hydrogen (secondary N) is 1. The Kier molecular flexibility index (Phi) is 2.00. The third-order valence-corrected chi connectivity index (χ3v) is 1.99. The number of hydrogen-bond donors (Lipinski definition) is 1. The first-order chi connectivity index (χ1) is 6.42. The van der Waals surface area contributed by atoms with E-state index < -0.39 is 0 Å². The zero-order valence-corrected chi connectivity index (χ0v) is 7.05. The molecular formula is C10H10N2O. The average molecular weight is 174 g/mol. The summed E-state index contributed by atoms with van der Waals surface area (Å²) >= 11 is 0. The summed E-state index contributed by atoms with van der Waals surface area (Å²) in [7, 11) is 0. The van der Waals surface area contributed by atoms with E-state index in [2.05, 4.69) is 5.32 Å². The van der Waals surface area contributed by atoms with Crippen LogP contribution in [0.1, 0.15) is 0 Å². The van der Waals surface area contributed by atoms with Gasteiger partial charge in [0.15, 0.2) is 12.5 Å². The fraction of sp³-hybridized carbons (Fsp3) is 0.100. The second-order valence-corrected chi connectivity index (χ2v) is 2.81. The van der Waals surface area contributed by atoms with E-state index in [0.717, 1.165) is 12.0 Å². The van der Waals surface area contributed by atoms with Crippen LogP contribution in [0.2, 0.25) is 0 Å². The Balaban J connectivity index is 2.26. The lowest BCUT2D eigenvalue weighted by molar-refractivity contribution is -0.109. The van der Waals surface area contributed by atoms with E-state index in [1.165, 1.54) is 0 Å². The van der Waals surface area contributed by atoms with Gasteiger partial charge < -0.3 is 10.2 Å². The summed E-state index contributed by atoms with van der Waals surface area (Å²) < 4.78 is 0. The summed E-state index contributed by atoms with van der Waals surface area (Å²) in [6, 6.07) is 9.78. The largest absolute Gasteiger partial charge is 0.364 e. The van der Waals surface area contributed by atoms with E-state index in [-0.39, 0.29) is 6.17 Å². The molecule has 0 saturated heterocycles. The Morgan fingerprint density at radius 1 is 1.31 bits per heavy atom. The van der Waals surface area contributed by atoms with E-state index in [9.17, 15) is 4.79 Å². The number of carbonyl (C=O) groups excluding carboxylic acids is 1. The topological polar surface area (TPSA) is 32.3 Å². The van der Waals surface area contributed by atoms with Crippen molar-refractivity contribution >= 4 is 12.0 Å². The molecule has 1 aromatic carbocycles. The van der Waals surface area contributed by atoms with E-state index in [0.29, 0.717) is 0 Å². The molecule has 0 amide bonds. The molecule has 1 heterocycles. The second kappa shape index (κ2) is 3.31. The van der Waals surface area contributed by atoms with Gasteiger partial charge in [-0.1, -0.05) is 18.2 Å². The number of carbonyl (C=O) groups is 1. The molecule has 3 heteroatoms. The molecule has 0 radical (unpaired) electrons. The van der Waals surface area contributed by atoms with Gasteiger partial charge in [-0.05, 0) is 12.1 Å². The standard InChI is InChI=1S/C10H10N2O/c13-8-10-11-6-7-12(10)9-4-2-1-3-5-9/h1-8,10-11H. The van der Waals surface area contributed by atoms with Crippen LogP contribution in [0.15, 0.2) is 42.7 Å². The molecule has 66 valence electrons. The fourth-order valence-electron chi connectivity index (χ4n) is 1.35. The molecule has 1 unspecified atom stereocenters. The number of hydrogen-bond acceptors (Lipinski definition) is 3. The highest BCUT2D eigenvalue weighted by Crippen LogP contribution is 2.17. The van der Waals surface area contributed by atoms with E-state index >= 15 is 0 Å². The smallest absolute Gasteiger partial charge is 0.163 e. The highest BCUT2D eigenvalue weighted by molar-refractivity contribution is 5.68. The summed E-state index contributed by atoms with van der Waals surface area (Å²) in [5.74, 6) is 0. The van der Waals surface area contributed by atoms with Crippen LogP contribution < -0.4 is 10.2 Å². The minimum absolute atomic E-state index is 0.262. The lowest BCUT2D eigenvalue weighted by Gasteiger charge is -2.20. The Morgan fingerprint density at radius 3 is 2.77 bits per heavy atom. The van der Waals surface area contributed by atoms with Crippen molar-refractivity contribution in [3.63, 3.8) is 0 Å². The van der Waals surface area contributed by atoms with Crippen molar-refractivity contribution in [2.24, 2.45) is 0 Å². The van der Waals surface area contributed by atoms with Crippen LogP contribution in [0.4, 0.5) is 5.69 Å². The maximum atomic E-state index is 10.6. The number of benzene rings is 1. The van der Waals surface area contributed by atoms with Crippen molar-refractivity contribution in [2.45, 2.75) is 6.17 Å². The van der Waals surface area contributed by atoms with Crippen LogP contribution in [0.3, 0.4) is 0 Å². The van der Waals surface area contributed by atoms with Crippen molar-refractivity contribution in [1.29, 1.82) is 0 Å². The number of rotatable bonds is 2. The van der Waals surface area contributed by atoms with E-state index in [4.69, 9.17) is 0 Å². The minimum Gasteiger partial charge on any atom is -0.364 e. The zero-order valence-electron chi connectivity index (χ0n) is 7.05. The summed E-state index contributed by atoms with van der Waals surface area (Å²) in [4.78, 5) is 12.5. The molecule has 0 bridgehead atoms. The molecule has 1 atom stereocenters. The van der Waals surface area contributed by atoms with Gasteiger partial charge in [0, 0.05) is 18.1 Å². The van der Waals surface area contributed by atoms with Gasteiger partial charge >= 0.3 is 0 Å². The zero-order chi connectivity index (χ0) is 9.10. The normalized spacial score (nSPS) is 20.0. The highest BCUT2D eigenvalue weighted by atomic mass is 16.1. The second-order valence-electron chi connectivity index (χ2n) is 2.81. The Hall–Kier alpha value is -1.77. The van der Waals surface area contributed by atoms with Crippen LogP contribution in [0, 0.1) is 0 Å². The van der Waals surface area contributed by atoms with Crippen LogP contribution in [-0.2, 0) is 4.79 Å². The minimum atomic E-state index is -0.262. The van der Waals surface area contributed by atoms with Gasteiger partial charge in [-0.25, -0.2) is 0 Å². The fourth-order valence-corrected chi connectivity index (χ4v) is 1.35. The molecule has 0 aliphatic carbocycles. The monoisotopic (exact) mass is 174 g/mol. The lowest BCUT2D eigenvalue weighted by Crippen LogP contribution is -2.36. The molecular weight excluding hydrogens is 164 g/mol. The van der Waals surface area contributed by atoms with Gasteiger partial charge in [-0.2, -0.15) is 0 Å². The first-order valence-corrected chi connectivity index (χ1v) is 4.13. The first-order valence-electron chi connectivity index (χ1n) is 4.13. The van der Waals surface area contributed by atoms with Gasteiger partial charge in [0.05, 0.1) is 0 Å². The number of nitrogens with zero attached hydrogens (tertiary/aromatic N) is 1. The molecule has 0 spiro atoms. The number of para-hydroxylation sites is 1. The third-order valence-electron chi connectivity index (χ3n) is 1.99. The molecule has 0 aromatic heterocycles. The molecule has 13 heavy (non-hydrogen) atoms. The molecule has 2 rings (SSSR count). The molecule has 0 fully saturated rings. The molecule has 1 N–H and O–H groups in total. The Labute approximate surface area is 76.7 Å². The summed E-state index contributed by atoms with van der Waals surface area (Å²) in [5.41, 5.74) is 1.01. The van der Waals surface area contributed by atoms with Crippen LogP contribution in [0.25, 0.3) is 0 Å². The SMILES string of the molecule is O=CC1NC=CN1c1ccccc1. The average Bonchev–Trinajstić information content (AvgIpc) is 2.67. The number of aldehydes is 1. The summed E-state index contributed by atoms with van der Waals surface area (Å²) in [6.07, 6.45) is 4.25. The van der Waals surface area contributed by atoms with Gasteiger partial charge in [0.2, 0.25) is 0 Å². The van der Waals surface area contributed by atoms with E-state index in [1.54, 1.807) is 6.20 Å². The van der Waals surface area contributed by atoms with Gasteiger partial charge in [-0.3, -0.25) is 4.79 Å². The van der Waals surface area contributed by atoms with Crippen molar-refractivity contribution in [2.75, 3.05) is 4.90 Å². The van der Waals surface area contributed by atoms with Crippen molar-refractivity contribution in [3.05, 3.63) is 42.7 Å². The lowest BCUT2D eigenvalue weighted by atomic mass is 10.3. The molecule has 1 aromatic rings. The number of anilines is 1. The van der Waals surface area contributed by atoms with Crippen molar-refractivity contribution < 1.29 is 4.79 Å². The molecule has 1 aliphatic rings. The maximum absolute atomic E-state index is 10.6. The van der Waals surface area contributed by atoms with Crippen molar-refractivity contribution in [1.82, 2.24) is 5.32 Å². The van der Waals surface area contributed by atoms with Gasteiger partial charge in [0.1, 0.15) is 0 Å². The predicted molar refractivity (Wildman–Crippen MR) is 51.0 cm³/mol. The van der Waals surface area contributed by atoms with Gasteiger partial charge in [0.25, 0.3) is 0 Å². The summed E-state index contributed by atoms with van der Waals surface area (Å²) in [6.45, 7) is 0. The van der Waals surface area contributed by atoms with Crippen LogP contribution in [-0.4, -0.2) is 12.5 Å². The van der Waals surface area contributed by atoms with Gasteiger partial charge in [-0.15, -0.1) is 0 Å². The predicted octanol–water partition coefficient (Wildman–Crippen LogP) is 1.09. The highest BCUT2D eigenvalue weighted by Gasteiger charge is 2.18. The quantitative estimate of drug-likeness (QED) is 0.681. The maximum Gasteiger partial charge on any atom is 0.163 e. The summed E-state index contributed by atoms with van der Waals surface area (Å²) in [5, 5.41) is 2.93. The molecule has 1 aliphatic heterocycles. The van der Waals surface area contributed by atoms with E-state index in [1.807, 2.05) is 41.4 Å². The molecule has 3 nitrogen and oxygen atoms in total. The van der Waals surface area contributed by atoms with Crippen LogP contribution >= 0.6 is 0 Å². The van der Waals surface area contributed by atoms with Crippen molar-refractivity contribution in [3.8, 4) is 0 Å². The Bertz CT molecular complexity index is 321. The Morgan fingerprint density at radius 2 is 2.08 bits per heavy atom. The molecule has 0 saturated carbocycles. The van der Waals surface area contributed by atoms with Crippen LogP contribution in [0.5, 0.6) is 0 Å². The first kappa shape index (κ1) is 7.86.